The molecule has 0 saturated heterocycles. The third-order valence-corrected chi connectivity index (χ3v) is 2.22. The molecule has 0 fully saturated rings. The molecule has 2 heteroatoms. The maximum absolute atomic E-state index is 4.33. The summed E-state index contributed by atoms with van der Waals surface area (Å²) in [7, 11) is 1.99. The van der Waals surface area contributed by atoms with Crippen LogP contribution in [0.4, 0.5) is 0 Å². The number of aromatic nitrogens is 2. The van der Waals surface area contributed by atoms with Crippen molar-refractivity contribution >= 4 is 0 Å². The molecule has 0 bridgehead atoms. The lowest BCUT2D eigenvalue weighted by molar-refractivity contribution is 0.913. The van der Waals surface area contributed by atoms with E-state index in [0.717, 1.165) is 5.69 Å². The average molecular weight is 186 g/mol. The van der Waals surface area contributed by atoms with Crippen molar-refractivity contribution in [1.29, 1.82) is 0 Å². The first kappa shape index (κ1) is 9.00. The van der Waals surface area contributed by atoms with E-state index >= 15 is 0 Å². The molecule has 0 N–H and O–H groups in total. The van der Waals surface area contributed by atoms with Gasteiger partial charge in [0, 0.05) is 18.8 Å². The van der Waals surface area contributed by atoms with Gasteiger partial charge in [-0.25, -0.2) is 4.98 Å². The largest absolute Gasteiger partial charge is 0.340 e. The van der Waals surface area contributed by atoms with E-state index in [4.69, 9.17) is 0 Å². The maximum Gasteiger partial charge on any atom is 0.0951 e. The Morgan fingerprint density at radius 2 is 1.71 bits per heavy atom. The Balaban J connectivity index is 2.51. The molecule has 0 atom stereocenters. The fourth-order valence-corrected chi connectivity index (χ4v) is 1.68. The fraction of sp³-hybridized carbons (Fsp3) is 0.250. The van der Waals surface area contributed by atoms with E-state index in [2.05, 4.69) is 37.0 Å². The fourth-order valence-electron chi connectivity index (χ4n) is 1.68. The Kier molecular flexibility index (Phi) is 2.12. The molecular formula is C12H14N2. The molecule has 0 aliphatic carbocycles. The van der Waals surface area contributed by atoms with Crippen LogP contribution in [0.1, 0.15) is 11.1 Å². The van der Waals surface area contributed by atoms with E-state index < -0.39 is 0 Å². The molecule has 1 aromatic heterocycles. The first-order valence-corrected chi connectivity index (χ1v) is 4.72. The average Bonchev–Trinajstić information content (AvgIpc) is 2.50. The van der Waals surface area contributed by atoms with Gasteiger partial charge >= 0.3 is 0 Å². The highest BCUT2D eigenvalue weighted by Gasteiger charge is 2.01. The predicted molar refractivity (Wildman–Crippen MR) is 58.1 cm³/mol. The highest BCUT2D eigenvalue weighted by atomic mass is 15.0. The predicted octanol–water partition coefficient (Wildman–Crippen LogP) is 2.70. The molecule has 0 saturated carbocycles. The second-order valence-corrected chi connectivity index (χ2v) is 3.80. The van der Waals surface area contributed by atoms with E-state index in [-0.39, 0.29) is 0 Å². The molecule has 0 amide bonds. The Bertz CT molecular complexity index is 435. The van der Waals surface area contributed by atoms with Gasteiger partial charge in [0.2, 0.25) is 0 Å². The van der Waals surface area contributed by atoms with E-state index in [1.807, 2.05) is 24.1 Å². The third-order valence-electron chi connectivity index (χ3n) is 2.22. The number of rotatable bonds is 1. The molecule has 0 aliphatic heterocycles. The summed E-state index contributed by atoms with van der Waals surface area (Å²) in [6.45, 7) is 4.22. The van der Waals surface area contributed by atoms with Crippen molar-refractivity contribution in [2.45, 2.75) is 13.8 Å². The topological polar surface area (TPSA) is 17.8 Å². The van der Waals surface area contributed by atoms with E-state index in [1.165, 1.54) is 16.7 Å². The van der Waals surface area contributed by atoms with Crippen molar-refractivity contribution in [3.8, 4) is 11.3 Å². The Hall–Kier alpha value is -1.57. The zero-order valence-electron chi connectivity index (χ0n) is 8.78. The standard InChI is InChI=1S/C12H14N2/c1-9-4-10(2)6-11(5-9)12-7-14(3)8-13-12/h4-8H,1-3H3. The second kappa shape index (κ2) is 3.29. The van der Waals surface area contributed by atoms with Gasteiger partial charge in [-0.15, -0.1) is 0 Å². The quantitative estimate of drug-likeness (QED) is 0.669. The van der Waals surface area contributed by atoms with Crippen molar-refractivity contribution in [2.75, 3.05) is 0 Å². The minimum Gasteiger partial charge on any atom is -0.340 e. The molecule has 0 spiro atoms. The van der Waals surface area contributed by atoms with Crippen molar-refractivity contribution in [2.24, 2.45) is 7.05 Å². The van der Waals surface area contributed by atoms with Crippen LogP contribution in [0, 0.1) is 13.8 Å². The smallest absolute Gasteiger partial charge is 0.0951 e. The zero-order valence-corrected chi connectivity index (χ0v) is 8.78. The Morgan fingerprint density at radius 1 is 1.07 bits per heavy atom. The van der Waals surface area contributed by atoms with Crippen molar-refractivity contribution in [3.05, 3.63) is 41.9 Å². The molecule has 2 nitrogen and oxygen atoms in total. The van der Waals surface area contributed by atoms with Gasteiger partial charge in [-0.05, 0) is 26.0 Å². The number of aryl methyl sites for hydroxylation is 3. The first-order valence-electron chi connectivity index (χ1n) is 4.72. The molecule has 0 aliphatic rings. The number of hydrogen-bond donors (Lipinski definition) is 0. The maximum atomic E-state index is 4.33. The summed E-state index contributed by atoms with van der Waals surface area (Å²) in [5.41, 5.74) is 4.80. The van der Waals surface area contributed by atoms with Crippen molar-refractivity contribution in [3.63, 3.8) is 0 Å². The van der Waals surface area contributed by atoms with Gasteiger partial charge in [0.25, 0.3) is 0 Å². The molecule has 1 heterocycles. The summed E-state index contributed by atoms with van der Waals surface area (Å²) < 4.78 is 1.97. The molecule has 72 valence electrons. The van der Waals surface area contributed by atoms with Crippen LogP contribution in [0.5, 0.6) is 0 Å². The van der Waals surface area contributed by atoms with Crippen LogP contribution < -0.4 is 0 Å². The minimum absolute atomic E-state index is 1.04. The summed E-state index contributed by atoms with van der Waals surface area (Å²) in [6, 6.07) is 6.50. The highest BCUT2D eigenvalue weighted by molar-refractivity contribution is 5.60. The van der Waals surface area contributed by atoms with E-state index in [0.29, 0.717) is 0 Å². The van der Waals surface area contributed by atoms with Gasteiger partial charge in [-0.2, -0.15) is 0 Å². The number of nitrogens with zero attached hydrogens (tertiary/aromatic N) is 2. The molecular weight excluding hydrogens is 172 g/mol. The number of imidazole rings is 1. The highest BCUT2D eigenvalue weighted by Crippen LogP contribution is 2.19. The summed E-state index contributed by atoms with van der Waals surface area (Å²) in [5.74, 6) is 0. The zero-order chi connectivity index (χ0) is 10.1. The van der Waals surface area contributed by atoms with Crippen molar-refractivity contribution < 1.29 is 0 Å². The molecule has 2 aromatic rings. The number of benzene rings is 1. The van der Waals surface area contributed by atoms with Crippen LogP contribution in [0.2, 0.25) is 0 Å². The monoisotopic (exact) mass is 186 g/mol. The van der Waals surface area contributed by atoms with Gasteiger partial charge in [0.15, 0.2) is 0 Å². The molecule has 14 heavy (non-hydrogen) atoms. The van der Waals surface area contributed by atoms with E-state index in [9.17, 15) is 0 Å². The minimum atomic E-state index is 1.04. The van der Waals surface area contributed by atoms with E-state index in [1.54, 1.807) is 0 Å². The van der Waals surface area contributed by atoms with Gasteiger partial charge in [0.05, 0.1) is 12.0 Å². The summed E-state index contributed by atoms with van der Waals surface area (Å²) in [4.78, 5) is 4.33. The normalized spacial score (nSPS) is 10.5. The lowest BCUT2D eigenvalue weighted by Gasteiger charge is -2.01. The third kappa shape index (κ3) is 1.69. The van der Waals surface area contributed by atoms with Crippen LogP contribution in [-0.4, -0.2) is 9.55 Å². The molecule has 1 aromatic carbocycles. The SMILES string of the molecule is Cc1cc(C)cc(-c2cn(C)cn2)c1. The van der Waals surface area contributed by atoms with Gasteiger partial charge in [-0.3, -0.25) is 0 Å². The Labute approximate surface area is 84.2 Å². The van der Waals surface area contributed by atoms with Gasteiger partial charge < -0.3 is 4.57 Å². The number of hydrogen-bond acceptors (Lipinski definition) is 1. The van der Waals surface area contributed by atoms with Crippen LogP contribution in [0.25, 0.3) is 11.3 Å². The van der Waals surface area contributed by atoms with Crippen molar-refractivity contribution in [1.82, 2.24) is 9.55 Å². The van der Waals surface area contributed by atoms with Crippen LogP contribution >= 0.6 is 0 Å². The molecule has 0 radical (unpaired) electrons. The lowest BCUT2D eigenvalue weighted by Crippen LogP contribution is -1.82. The van der Waals surface area contributed by atoms with Gasteiger partial charge in [-0.1, -0.05) is 17.2 Å². The Morgan fingerprint density at radius 3 is 2.21 bits per heavy atom. The molecule has 0 unspecified atom stereocenters. The van der Waals surface area contributed by atoms with Crippen LogP contribution in [0.15, 0.2) is 30.7 Å². The lowest BCUT2D eigenvalue weighted by atomic mass is 10.1. The first-order chi connectivity index (χ1) is 6.65. The van der Waals surface area contributed by atoms with Gasteiger partial charge in [0.1, 0.15) is 0 Å². The second-order valence-electron chi connectivity index (χ2n) is 3.80. The van der Waals surface area contributed by atoms with Crippen LogP contribution in [-0.2, 0) is 7.05 Å². The summed E-state index contributed by atoms with van der Waals surface area (Å²) in [5, 5.41) is 0. The molecule has 2 rings (SSSR count). The summed E-state index contributed by atoms with van der Waals surface area (Å²) >= 11 is 0. The van der Waals surface area contributed by atoms with Crippen LogP contribution in [0.3, 0.4) is 0 Å². The summed E-state index contributed by atoms with van der Waals surface area (Å²) in [6.07, 6.45) is 3.86.